The van der Waals surface area contributed by atoms with Gasteiger partial charge in [0.2, 0.25) is 11.4 Å². The molecule has 170 valence electrons. The number of anilines is 1. The molecule has 0 bridgehead atoms. The maximum Gasteiger partial charge on any atom is 0.263 e. The van der Waals surface area contributed by atoms with Gasteiger partial charge >= 0.3 is 0 Å². The molecule has 1 aromatic heterocycles. The number of thiazole rings is 1. The first-order valence-corrected chi connectivity index (χ1v) is 11.9. The van der Waals surface area contributed by atoms with E-state index >= 15 is 0 Å². The molecule has 0 aliphatic carbocycles. The summed E-state index contributed by atoms with van der Waals surface area (Å²) >= 11 is 1.66. The third kappa shape index (κ3) is 4.20. The number of ether oxygens (including phenoxy) is 1. The highest BCUT2D eigenvalue weighted by molar-refractivity contribution is 7.18. The quantitative estimate of drug-likeness (QED) is 0.235. The smallest absolute Gasteiger partial charge is 0.263 e. The first kappa shape index (κ1) is 21.9. The second-order valence-corrected chi connectivity index (χ2v) is 9.25. The van der Waals surface area contributed by atoms with Gasteiger partial charge in [-0.3, -0.25) is 0 Å². The van der Waals surface area contributed by atoms with E-state index in [1.165, 1.54) is 12.6 Å². The molecular weight excluding hydrogens is 442 g/mol. The average Bonchev–Trinajstić information content (AvgIpc) is 3.36. The van der Waals surface area contributed by atoms with E-state index in [9.17, 15) is 5.11 Å². The number of para-hydroxylation sites is 1. The van der Waals surface area contributed by atoms with Crippen LogP contribution >= 0.6 is 11.3 Å². The molecule has 1 aliphatic rings. The van der Waals surface area contributed by atoms with Gasteiger partial charge in [0.1, 0.15) is 4.70 Å². The van der Waals surface area contributed by atoms with E-state index in [2.05, 4.69) is 46.3 Å². The minimum Gasteiger partial charge on any atom is -0.858 e. The van der Waals surface area contributed by atoms with Gasteiger partial charge in [-0.25, -0.2) is 0 Å². The van der Waals surface area contributed by atoms with Gasteiger partial charge in [0.25, 0.3) is 5.01 Å². The Balaban J connectivity index is 1.46. The number of fused-ring (bicyclic) bond motifs is 2. The number of allylic oxidation sites excluding steroid dienone is 2. The number of hydrogen-bond acceptors (Lipinski definition) is 5. The van der Waals surface area contributed by atoms with E-state index in [-0.39, 0.29) is 12.4 Å². The van der Waals surface area contributed by atoms with Crippen molar-refractivity contribution in [3.8, 4) is 16.9 Å². The molecule has 5 nitrogen and oxygen atoms in total. The zero-order valence-corrected chi connectivity index (χ0v) is 20.2. The molecule has 2 heterocycles. The number of benzene rings is 3. The summed E-state index contributed by atoms with van der Waals surface area (Å²) in [7, 11) is 3.55. The van der Waals surface area contributed by atoms with Crippen LogP contribution in [0.5, 0.6) is 5.75 Å². The summed E-state index contributed by atoms with van der Waals surface area (Å²) in [4.78, 5) is 5.89. The predicted octanol–water partition coefficient (Wildman–Crippen LogP) is 5.02. The van der Waals surface area contributed by atoms with Crippen molar-refractivity contribution < 1.29 is 14.4 Å². The van der Waals surface area contributed by atoms with Crippen molar-refractivity contribution in [3.63, 3.8) is 0 Å². The van der Waals surface area contributed by atoms with E-state index in [0.29, 0.717) is 0 Å². The molecule has 0 atom stereocenters. The number of nitrogens with zero attached hydrogens (tertiary/aromatic N) is 3. The number of hydrogen-bond donors (Lipinski definition) is 0. The molecule has 0 radical (unpaired) electrons. The molecule has 0 saturated carbocycles. The van der Waals surface area contributed by atoms with Crippen molar-refractivity contribution in [3.05, 3.63) is 95.3 Å². The Morgan fingerprint density at radius 2 is 1.82 bits per heavy atom. The van der Waals surface area contributed by atoms with Crippen LogP contribution in [0.15, 0.2) is 95.3 Å². The minimum absolute atomic E-state index is 0.150. The monoisotopic (exact) mass is 467 g/mol. The van der Waals surface area contributed by atoms with Gasteiger partial charge in [-0.05, 0) is 41.8 Å². The van der Waals surface area contributed by atoms with Crippen LogP contribution in [-0.2, 0) is 6.54 Å². The minimum atomic E-state index is -0.150. The number of rotatable bonds is 5. The van der Waals surface area contributed by atoms with Gasteiger partial charge < -0.3 is 19.7 Å². The molecule has 0 unspecified atom stereocenters. The van der Waals surface area contributed by atoms with Gasteiger partial charge in [-0.15, -0.1) is 0 Å². The number of aromatic nitrogens is 1. The van der Waals surface area contributed by atoms with E-state index in [0.717, 1.165) is 43.7 Å². The molecule has 6 heteroatoms. The summed E-state index contributed by atoms with van der Waals surface area (Å²) in [5.41, 5.74) is 5.42. The SMILES string of the molecule is CN=C([O-])C[n+]1c(C=C(C)C=C2Oc3ccc(-c4ccccc4)cc3N2C)sc2ccccc21. The lowest BCUT2D eigenvalue weighted by Gasteiger charge is -2.12. The summed E-state index contributed by atoms with van der Waals surface area (Å²) in [6, 6.07) is 24.7. The van der Waals surface area contributed by atoms with Gasteiger partial charge in [0, 0.05) is 38.2 Å². The maximum atomic E-state index is 12.1. The van der Waals surface area contributed by atoms with Crippen molar-refractivity contribution in [2.45, 2.75) is 13.5 Å². The van der Waals surface area contributed by atoms with Crippen molar-refractivity contribution >= 4 is 39.2 Å². The Kier molecular flexibility index (Phi) is 5.90. The topological polar surface area (TPSA) is 51.8 Å². The molecular formula is C28H25N3O2S. The molecule has 0 saturated heterocycles. The highest BCUT2D eigenvalue weighted by atomic mass is 32.1. The van der Waals surface area contributed by atoms with E-state index in [1.54, 1.807) is 11.3 Å². The van der Waals surface area contributed by atoms with Crippen LogP contribution in [0.25, 0.3) is 27.4 Å². The first-order chi connectivity index (χ1) is 16.5. The summed E-state index contributed by atoms with van der Waals surface area (Å²) < 4.78 is 9.32. The second kappa shape index (κ2) is 9.15. The summed E-state index contributed by atoms with van der Waals surface area (Å²) in [5, 5.41) is 13.1. The Morgan fingerprint density at radius 1 is 1.06 bits per heavy atom. The predicted molar refractivity (Wildman–Crippen MR) is 138 cm³/mol. The van der Waals surface area contributed by atoms with Crippen molar-refractivity contribution in [2.24, 2.45) is 4.99 Å². The highest BCUT2D eigenvalue weighted by Crippen LogP contribution is 2.41. The molecule has 5 rings (SSSR count). The number of aliphatic imine (C=N–C) groups is 1. The molecule has 1 aliphatic heterocycles. The molecule has 0 fully saturated rings. The standard InChI is InChI=1S/C28H25N3O2S/c1-19(16-28-31(18-26(32)29-2)22-11-7-8-12-25(22)34-28)15-27-30(3)23-17-21(13-14-24(23)33-27)20-9-5-4-6-10-20/h4-17H,18H2,1-3H3. The highest BCUT2D eigenvalue weighted by Gasteiger charge is 2.24. The van der Waals surface area contributed by atoms with E-state index in [1.807, 2.05) is 67.1 Å². The van der Waals surface area contributed by atoms with Crippen LogP contribution in [0.2, 0.25) is 0 Å². The van der Waals surface area contributed by atoms with Crippen molar-refractivity contribution in [1.29, 1.82) is 0 Å². The summed E-state index contributed by atoms with van der Waals surface area (Å²) in [5.74, 6) is 1.46. The van der Waals surface area contributed by atoms with Gasteiger partial charge in [-0.1, -0.05) is 59.9 Å². The molecule has 3 aromatic carbocycles. The Morgan fingerprint density at radius 3 is 2.62 bits per heavy atom. The van der Waals surface area contributed by atoms with Gasteiger partial charge in [0.15, 0.2) is 12.3 Å². The third-order valence-corrected chi connectivity index (χ3v) is 6.97. The molecule has 34 heavy (non-hydrogen) atoms. The van der Waals surface area contributed by atoms with Crippen LogP contribution in [0.3, 0.4) is 0 Å². The van der Waals surface area contributed by atoms with E-state index < -0.39 is 0 Å². The molecule has 4 aromatic rings. The Labute approximate surface area is 203 Å². The second-order valence-electron chi connectivity index (χ2n) is 8.19. The fourth-order valence-corrected chi connectivity index (χ4v) is 5.24. The van der Waals surface area contributed by atoms with Crippen LogP contribution in [-0.4, -0.2) is 20.0 Å². The fraction of sp³-hybridized carbons (Fsp3) is 0.143. The summed E-state index contributed by atoms with van der Waals surface area (Å²) in [6.45, 7) is 2.27. The lowest BCUT2D eigenvalue weighted by Crippen LogP contribution is -2.43. The van der Waals surface area contributed by atoms with Crippen LogP contribution < -0.4 is 19.3 Å². The zero-order valence-electron chi connectivity index (χ0n) is 19.4. The lowest BCUT2D eigenvalue weighted by molar-refractivity contribution is -0.658. The molecule has 0 N–H and O–H groups in total. The van der Waals surface area contributed by atoms with Crippen LogP contribution in [0, 0.1) is 0 Å². The van der Waals surface area contributed by atoms with Crippen LogP contribution in [0.4, 0.5) is 5.69 Å². The largest absolute Gasteiger partial charge is 0.858 e. The fourth-order valence-electron chi connectivity index (χ4n) is 4.06. The van der Waals surface area contributed by atoms with Gasteiger partial charge in [-0.2, -0.15) is 4.57 Å². The third-order valence-electron chi connectivity index (χ3n) is 5.85. The molecule has 0 amide bonds. The zero-order chi connectivity index (χ0) is 23.7. The lowest BCUT2D eigenvalue weighted by atomic mass is 10.0. The Bertz CT molecular complexity index is 1450. The van der Waals surface area contributed by atoms with Crippen LogP contribution in [0.1, 0.15) is 11.9 Å². The van der Waals surface area contributed by atoms with E-state index in [4.69, 9.17) is 4.74 Å². The normalized spacial score (nSPS) is 15.1. The average molecular weight is 468 g/mol. The van der Waals surface area contributed by atoms with Gasteiger partial charge in [0.05, 0.1) is 5.69 Å². The summed E-state index contributed by atoms with van der Waals surface area (Å²) in [6.07, 6.45) is 4.12. The first-order valence-electron chi connectivity index (χ1n) is 11.1. The molecule has 0 spiro atoms. The van der Waals surface area contributed by atoms with Crippen molar-refractivity contribution in [2.75, 3.05) is 19.0 Å². The maximum absolute atomic E-state index is 12.1. The Hall–Kier alpha value is -3.90. The van der Waals surface area contributed by atoms with Crippen molar-refractivity contribution in [1.82, 2.24) is 0 Å².